The van der Waals surface area contributed by atoms with Gasteiger partial charge in [0.05, 0.1) is 25.4 Å². The van der Waals surface area contributed by atoms with E-state index in [9.17, 15) is 9.50 Å². The Hall–Kier alpha value is -1.69. The Morgan fingerprint density at radius 3 is 2.42 bits per heavy atom. The third-order valence-electron chi connectivity index (χ3n) is 3.59. The molecule has 2 aromatic rings. The number of nitrogens with zero attached hydrogens (tertiary/aromatic N) is 1. The molecule has 0 saturated carbocycles. The molecule has 0 unspecified atom stereocenters. The molecule has 2 rings (SSSR count). The van der Waals surface area contributed by atoms with E-state index >= 15 is 0 Å². The molecule has 0 aliphatic carbocycles. The second-order valence-electron chi connectivity index (χ2n) is 6.34. The standard InChI is InChI=1S/C19H26FNO3/c1-14(2)23-13-18(22)11-21(12-19-9-4-15(3)24-19)10-16-5-7-17(20)8-6-16/h4-9,14,18,22H,10-13H2,1-3H3/t18-/m0/s1. The quantitative estimate of drug-likeness (QED) is 0.762. The molecule has 4 nitrogen and oxygen atoms in total. The largest absolute Gasteiger partial charge is 0.465 e. The molecular formula is C19H26FNO3. The van der Waals surface area contributed by atoms with Gasteiger partial charge in [0, 0.05) is 13.1 Å². The van der Waals surface area contributed by atoms with Gasteiger partial charge in [0.15, 0.2) is 0 Å². The lowest BCUT2D eigenvalue weighted by Crippen LogP contribution is -2.34. The number of ether oxygens (including phenoxy) is 1. The van der Waals surface area contributed by atoms with E-state index in [2.05, 4.69) is 4.90 Å². The van der Waals surface area contributed by atoms with Crippen LogP contribution < -0.4 is 0 Å². The molecule has 1 N–H and O–H groups in total. The molecule has 0 aliphatic rings. The minimum Gasteiger partial charge on any atom is -0.465 e. The zero-order valence-corrected chi connectivity index (χ0v) is 14.5. The molecule has 1 aromatic heterocycles. The van der Waals surface area contributed by atoms with Crippen molar-refractivity contribution in [3.8, 4) is 0 Å². The minimum absolute atomic E-state index is 0.0814. The summed E-state index contributed by atoms with van der Waals surface area (Å²) in [6, 6.07) is 10.3. The van der Waals surface area contributed by atoms with Gasteiger partial charge in [-0.3, -0.25) is 4.90 Å². The van der Waals surface area contributed by atoms with Crippen LogP contribution in [0.1, 0.15) is 30.9 Å². The van der Waals surface area contributed by atoms with E-state index in [-0.39, 0.29) is 18.5 Å². The van der Waals surface area contributed by atoms with E-state index in [4.69, 9.17) is 9.15 Å². The van der Waals surface area contributed by atoms with E-state index in [0.29, 0.717) is 19.6 Å². The molecule has 24 heavy (non-hydrogen) atoms. The van der Waals surface area contributed by atoms with Gasteiger partial charge in [-0.2, -0.15) is 0 Å². The lowest BCUT2D eigenvalue weighted by molar-refractivity contribution is -0.0114. The topological polar surface area (TPSA) is 45.8 Å². The number of rotatable bonds is 9. The van der Waals surface area contributed by atoms with Gasteiger partial charge in [-0.05, 0) is 50.6 Å². The monoisotopic (exact) mass is 335 g/mol. The lowest BCUT2D eigenvalue weighted by Gasteiger charge is -2.25. The summed E-state index contributed by atoms with van der Waals surface area (Å²) in [5.41, 5.74) is 0.983. The molecule has 1 aromatic carbocycles. The fourth-order valence-corrected chi connectivity index (χ4v) is 2.48. The molecule has 0 radical (unpaired) electrons. The average Bonchev–Trinajstić information content (AvgIpc) is 2.92. The molecule has 0 aliphatic heterocycles. The lowest BCUT2D eigenvalue weighted by atomic mass is 10.2. The minimum atomic E-state index is -0.594. The first-order valence-electron chi connectivity index (χ1n) is 8.24. The second-order valence-corrected chi connectivity index (χ2v) is 6.34. The maximum atomic E-state index is 13.1. The molecule has 1 atom stereocenters. The molecule has 0 amide bonds. The molecule has 1 heterocycles. The number of aryl methyl sites for hydroxylation is 1. The van der Waals surface area contributed by atoms with E-state index in [1.807, 2.05) is 32.9 Å². The normalized spacial score (nSPS) is 13.0. The molecular weight excluding hydrogens is 309 g/mol. The van der Waals surface area contributed by atoms with Gasteiger partial charge < -0.3 is 14.3 Å². The zero-order valence-electron chi connectivity index (χ0n) is 14.5. The Balaban J connectivity index is 2.01. The fourth-order valence-electron chi connectivity index (χ4n) is 2.48. The van der Waals surface area contributed by atoms with Crippen molar-refractivity contribution < 1.29 is 18.7 Å². The Labute approximate surface area is 142 Å². The number of halogens is 1. The third kappa shape index (κ3) is 6.43. The van der Waals surface area contributed by atoms with Crippen LogP contribution in [-0.2, 0) is 17.8 Å². The number of furan rings is 1. The fraction of sp³-hybridized carbons (Fsp3) is 0.474. The van der Waals surface area contributed by atoms with Gasteiger partial charge in [0.25, 0.3) is 0 Å². The van der Waals surface area contributed by atoms with Crippen LogP contribution in [0.25, 0.3) is 0 Å². The Bertz CT molecular complexity index is 609. The summed E-state index contributed by atoms with van der Waals surface area (Å²) in [4.78, 5) is 2.07. The van der Waals surface area contributed by atoms with Crippen molar-refractivity contribution >= 4 is 0 Å². The van der Waals surface area contributed by atoms with Crippen molar-refractivity contribution in [1.82, 2.24) is 4.90 Å². The van der Waals surface area contributed by atoms with Gasteiger partial charge >= 0.3 is 0 Å². The van der Waals surface area contributed by atoms with Crippen LogP contribution in [0.5, 0.6) is 0 Å². The third-order valence-corrected chi connectivity index (χ3v) is 3.59. The Kier molecular flexibility index (Phi) is 6.97. The predicted molar refractivity (Wildman–Crippen MR) is 91.1 cm³/mol. The van der Waals surface area contributed by atoms with Gasteiger partial charge in [-0.25, -0.2) is 4.39 Å². The van der Waals surface area contributed by atoms with Crippen molar-refractivity contribution in [2.75, 3.05) is 13.2 Å². The van der Waals surface area contributed by atoms with Crippen molar-refractivity contribution in [2.24, 2.45) is 0 Å². The summed E-state index contributed by atoms with van der Waals surface area (Å²) in [7, 11) is 0. The molecule has 0 spiro atoms. The van der Waals surface area contributed by atoms with Gasteiger partial charge in [-0.15, -0.1) is 0 Å². The summed E-state index contributed by atoms with van der Waals surface area (Å²) in [6.07, 6.45) is -0.512. The van der Waals surface area contributed by atoms with Crippen LogP contribution in [0.2, 0.25) is 0 Å². The summed E-state index contributed by atoms with van der Waals surface area (Å²) < 4.78 is 24.2. The molecule has 0 bridgehead atoms. The molecule has 0 saturated heterocycles. The van der Waals surface area contributed by atoms with Gasteiger partial charge in [0.1, 0.15) is 17.3 Å². The van der Waals surface area contributed by atoms with Crippen molar-refractivity contribution in [2.45, 2.75) is 46.1 Å². The van der Waals surface area contributed by atoms with E-state index < -0.39 is 6.10 Å². The maximum Gasteiger partial charge on any atom is 0.123 e. The second kappa shape index (κ2) is 8.97. The van der Waals surface area contributed by atoms with E-state index in [1.54, 1.807) is 12.1 Å². The van der Waals surface area contributed by atoms with Crippen LogP contribution in [0.3, 0.4) is 0 Å². The van der Waals surface area contributed by atoms with E-state index in [1.165, 1.54) is 12.1 Å². The Morgan fingerprint density at radius 2 is 1.83 bits per heavy atom. The van der Waals surface area contributed by atoms with Gasteiger partial charge in [0.2, 0.25) is 0 Å². The van der Waals surface area contributed by atoms with Gasteiger partial charge in [-0.1, -0.05) is 12.1 Å². The predicted octanol–water partition coefficient (Wildman–Crippen LogP) is 3.52. The van der Waals surface area contributed by atoms with Crippen LogP contribution in [0.4, 0.5) is 4.39 Å². The summed E-state index contributed by atoms with van der Waals surface area (Å²) >= 11 is 0. The summed E-state index contributed by atoms with van der Waals surface area (Å²) in [5, 5.41) is 10.2. The number of hydrogen-bond acceptors (Lipinski definition) is 4. The highest BCUT2D eigenvalue weighted by Gasteiger charge is 2.15. The maximum absolute atomic E-state index is 13.1. The Morgan fingerprint density at radius 1 is 1.12 bits per heavy atom. The number of hydrogen-bond donors (Lipinski definition) is 1. The highest BCUT2D eigenvalue weighted by atomic mass is 19.1. The smallest absolute Gasteiger partial charge is 0.123 e. The van der Waals surface area contributed by atoms with Crippen molar-refractivity contribution in [3.63, 3.8) is 0 Å². The summed E-state index contributed by atoms with van der Waals surface area (Å²) in [6.45, 7) is 7.68. The molecule has 0 fully saturated rings. The molecule has 5 heteroatoms. The van der Waals surface area contributed by atoms with E-state index in [0.717, 1.165) is 17.1 Å². The van der Waals surface area contributed by atoms with Crippen LogP contribution in [-0.4, -0.2) is 35.4 Å². The van der Waals surface area contributed by atoms with Crippen LogP contribution in [0.15, 0.2) is 40.8 Å². The van der Waals surface area contributed by atoms with Crippen molar-refractivity contribution in [1.29, 1.82) is 0 Å². The first-order chi connectivity index (χ1) is 11.4. The first-order valence-corrected chi connectivity index (χ1v) is 8.24. The highest BCUT2D eigenvalue weighted by Crippen LogP contribution is 2.14. The SMILES string of the molecule is Cc1ccc(CN(Cc2ccc(F)cc2)C[C@H](O)COC(C)C)o1. The van der Waals surface area contributed by atoms with Crippen LogP contribution in [0, 0.1) is 12.7 Å². The first kappa shape index (κ1) is 18.6. The number of benzene rings is 1. The highest BCUT2D eigenvalue weighted by molar-refractivity contribution is 5.16. The number of aliphatic hydroxyl groups excluding tert-OH is 1. The average molecular weight is 335 g/mol. The van der Waals surface area contributed by atoms with Crippen molar-refractivity contribution in [3.05, 3.63) is 59.3 Å². The number of aliphatic hydroxyl groups is 1. The molecule has 132 valence electrons. The zero-order chi connectivity index (χ0) is 17.5. The van der Waals surface area contributed by atoms with Crippen LogP contribution >= 0.6 is 0 Å². The summed E-state index contributed by atoms with van der Waals surface area (Å²) in [5.74, 6) is 1.44.